The summed E-state index contributed by atoms with van der Waals surface area (Å²) in [6.45, 7) is 3.01. The van der Waals surface area contributed by atoms with Crippen molar-refractivity contribution in [2.24, 2.45) is 0 Å². The van der Waals surface area contributed by atoms with Crippen LogP contribution in [0.2, 0.25) is 0 Å². The van der Waals surface area contributed by atoms with Crippen molar-refractivity contribution in [2.75, 3.05) is 7.11 Å². The van der Waals surface area contributed by atoms with Gasteiger partial charge in [-0.05, 0) is 55.0 Å². The molecule has 2 aromatic carbocycles. The van der Waals surface area contributed by atoms with Crippen LogP contribution in [0.3, 0.4) is 0 Å². The van der Waals surface area contributed by atoms with Gasteiger partial charge in [-0.2, -0.15) is 5.10 Å². The molecule has 1 amide bonds. The molecule has 0 atom stereocenters. The molecule has 10 heteroatoms. The number of benzene rings is 2. The van der Waals surface area contributed by atoms with Gasteiger partial charge in [-0.1, -0.05) is 6.07 Å². The van der Waals surface area contributed by atoms with Gasteiger partial charge in [0.15, 0.2) is 16.7 Å². The number of aromatic nitrogens is 2. The Bertz CT molecular complexity index is 1270. The number of hydrogen-bond donors (Lipinski definition) is 1. The predicted octanol–water partition coefficient (Wildman–Crippen LogP) is 4.03. The number of carbonyl (C=O) groups excluding carboxylic acids is 1. The van der Waals surface area contributed by atoms with E-state index in [0.29, 0.717) is 34.2 Å². The number of carbonyl (C=O) groups is 1. The Morgan fingerprint density at radius 2 is 1.97 bits per heavy atom. The van der Waals surface area contributed by atoms with Crippen LogP contribution in [-0.2, 0) is 24.5 Å². The minimum atomic E-state index is -0.795. The van der Waals surface area contributed by atoms with E-state index in [1.54, 1.807) is 35.2 Å². The molecule has 1 N–H and O–H groups in total. The smallest absolute Gasteiger partial charge is 0.276 e. The summed E-state index contributed by atoms with van der Waals surface area (Å²) in [6.07, 6.45) is 5.25. The van der Waals surface area contributed by atoms with Crippen molar-refractivity contribution >= 4 is 29.3 Å². The summed E-state index contributed by atoms with van der Waals surface area (Å²) in [5, 5.41) is 7.49. The first-order valence-electron chi connectivity index (χ1n) is 10.5. The largest absolute Gasteiger partial charge is 0.496 e. The molecule has 1 aliphatic rings. The molecule has 176 valence electrons. The van der Waals surface area contributed by atoms with E-state index in [9.17, 15) is 13.6 Å². The van der Waals surface area contributed by atoms with E-state index in [0.717, 1.165) is 24.2 Å². The first-order valence-corrected chi connectivity index (χ1v) is 10.9. The summed E-state index contributed by atoms with van der Waals surface area (Å²) < 4.78 is 39.7. The van der Waals surface area contributed by atoms with Gasteiger partial charge in [0.1, 0.15) is 23.9 Å². The minimum absolute atomic E-state index is 0.0178. The molecule has 3 aromatic rings. The average Bonchev–Trinajstić information content (AvgIpc) is 3.38. The SMILES string of the molecule is CCn1cc(CN2C(=O)/C(=C\c3ccc(OC)c(COc4ccc(F)cc4F)c3)NC2=S)cn1. The molecule has 0 bridgehead atoms. The van der Waals surface area contributed by atoms with Gasteiger partial charge < -0.3 is 14.8 Å². The fourth-order valence-corrected chi connectivity index (χ4v) is 3.73. The van der Waals surface area contributed by atoms with Crippen molar-refractivity contribution in [1.29, 1.82) is 0 Å². The molecule has 0 saturated carbocycles. The van der Waals surface area contributed by atoms with E-state index in [-0.39, 0.29) is 18.3 Å². The maximum Gasteiger partial charge on any atom is 0.276 e. The van der Waals surface area contributed by atoms with Gasteiger partial charge in [-0.25, -0.2) is 8.78 Å². The zero-order valence-corrected chi connectivity index (χ0v) is 19.4. The van der Waals surface area contributed by atoms with Gasteiger partial charge >= 0.3 is 0 Å². The highest BCUT2D eigenvalue weighted by atomic mass is 32.1. The highest BCUT2D eigenvalue weighted by molar-refractivity contribution is 7.80. The molecule has 1 aliphatic heterocycles. The van der Waals surface area contributed by atoms with Crippen molar-refractivity contribution in [2.45, 2.75) is 26.6 Å². The van der Waals surface area contributed by atoms with Gasteiger partial charge in [0, 0.05) is 29.9 Å². The van der Waals surface area contributed by atoms with Crippen molar-refractivity contribution in [3.63, 3.8) is 0 Å². The van der Waals surface area contributed by atoms with Crippen molar-refractivity contribution in [3.8, 4) is 11.5 Å². The Labute approximate surface area is 200 Å². The topological polar surface area (TPSA) is 68.6 Å². The third-order valence-corrected chi connectivity index (χ3v) is 5.53. The summed E-state index contributed by atoms with van der Waals surface area (Å²) >= 11 is 5.35. The monoisotopic (exact) mass is 484 g/mol. The predicted molar refractivity (Wildman–Crippen MR) is 126 cm³/mol. The molecule has 0 radical (unpaired) electrons. The Balaban J connectivity index is 1.51. The molecule has 0 aliphatic carbocycles. The number of nitrogens with zero attached hydrogens (tertiary/aromatic N) is 3. The summed E-state index contributed by atoms with van der Waals surface area (Å²) in [5.74, 6) is -1.28. The van der Waals surface area contributed by atoms with Crippen LogP contribution in [0.4, 0.5) is 8.78 Å². The van der Waals surface area contributed by atoms with Crippen LogP contribution in [0.5, 0.6) is 11.5 Å². The number of amides is 1. The molecular weight excluding hydrogens is 462 g/mol. The molecular formula is C24H22F2N4O3S. The van der Waals surface area contributed by atoms with Crippen LogP contribution in [0.1, 0.15) is 23.6 Å². The van der Waals surface area contributed by atoms with E-state index in [4.69, 9.17) is 21.7 Å². The quantitative estimate of drug-likeness (QED) is 0.385. The number of rotatable bonds is 8. The third-order valence-electron chi connectivity index (χ3n) is 5.21. The zero-order chi connectivity index (χ0) is 24.2. The van der Waals surface area contributed by atoms with Crippen LogP contribution in [0.25, 0.3) is 6.08 Å². The second-order valence-corrected chi connectivity index (χ2v) is 7.91. The van der Waals surface area contributed by atoms with Gasteiger partial charge in [-0.3, -0.25) is 14.4 Å². The number of nitrogens with one attached hydrogen (secondary N) is 1. The molecule has 1 saturated heterocycles. The van der Waals surface area contributed by atoms with Gasteiger partial charge in [0.2, 0.25) is 0 Å². The summed E-state index contributed by atoms with van der Waals surface area (Å²) in [4.78, 5) is 14.4. The lowest BCUT2D eigenvalue weighted by molar-refractivity contribution is -0.122. The molecule has 7 nitrogen and oxygen atoms in total. The minimum Gasteiger partial charge on any atom is -0.496 e. The Hall–Kier alpha value is -3.79. The van der Waals surface area contributed by atoms with Crippen LogP contribution in [0, 0.1) is 11.6 Å². The first kappa shape index (κ1) is 23.4. The molecule has 1 fully saturated rings. The van der Waals surface area contributed by atoms with E-state index in [1.807, 2.05) is 13.1 Å². The fourth-order valence-electron chi connectivity index (χ4n) is 3.47. The third kappa shape index (κ3) is 5.07. The highest BCUT2D eigenvalue weighted by Gasteiger charge is 2.31. The lowest BCUT2D eigenvalue weighted by Gasteiger charge is -2.12. The van der Waals surface area contributed by atoms with Crippen LogP contribution >= 0.6 is 12.2 Å². The first-order chi connectivity index (χ1) is 16.4. The van der Waals surface area contributed by atoms with Crippen molar-refractivity contribution in [3.05, 3.63) is 82.8 Å². The number of hydrogen-bond acceptors (Lipinski definition) is 5. The van der Waals surface area contributed by atoms with E-state index in [1.165, 1.54) is 18.1 Å². The number of halogens is 2. The molecule has 4 rings (SSSR count). The maximum absolute atomic E-state index is 13.9. The summed E-state index contributed by atoms with van der Waals surface area (Å²) in [7, 11) is 1.51. The van der Waals surface area contributed by atoms with Gasteiger partial charge in [0.05, 0.1) is 19.9 Å². The number of thiocarbonyl (C=S) groups is 1. The van der Waals surface area contributed by atoms with Gasteiger partial charge in [0.25, 0.3) is 5.91 Å². The fraction of sp³-hybridized carbons (Fsp3) is 0.208. The molecule has 0 spiro atoms. The highest BCUT2D eigenvalue weighted by Crippen LogP contribution is 2.26. The summed E-state index contributed by atoms with van der Waals surface area (Å²) in [6, 6.07) is 8.37. The molecule has 0 unspecified atom stereocenters. The Morgan fingerprint density at radius 3 is 2.68 bits per heavy atom. The molecule has 2 heterocycles. The van der Waals surface area contributed by atoms with Gasteiger partial charge in [-0.15, -0.1) is 0 Å². The zero-order valence-electron chi connectivity index (χ0n) is 18.5. The van der Waals surface area contributed by atoms with Crippen LogP contribution in [0.15, 0.2) is 54.5 Å². The second kappa shape index (κ2) is 10.0. The lowest BCUT2D eigenvalue weighted by Crippen LogP contribution is -2.29. The standard InChI is InChI=1S/C24H22F2N4O3S/c1-3-29-12-16(11-27-29)13-30-23(31)20(28-24(30)34)9-15-4-6-21(32-2)17(8-15)14-33-22-7-5-18(25)10-19(22)26/h4-12H,3,13-14H2,1-2H3,(H,28,34)/b20-9+. The molecule has 34 heavy (non-hydrogen) atoms. The van der Waals surface area contributed by atoms with Crippen molar-refractivity contribution < 1.29 is 23.0 Å². The van der Waals surface area contributed by atoms with E-state index < -0.39 is 11.6 Å². The maximum atomic E-state index is 13.9. The average molecular weight is 485 g/mol. The Morgan fingerprint density at radius 1 is 1.18 bits per heavy atom. The molecule has 1 aromatic heterocycles. The lowest BCUT2D eigenvalue weighted by atomic mass is 10.1. The summed E-state index contributed by atoms with van der Waals surface area (Å²) in [5.41, 5.74) is 2.52. The van der Waals surface area contributed by atoms with Crippen LogP contribution in [-0.4, -0.2) is 32.8 Å². The number of ether oxygens (including phenoxy) is 2. The number of aryl methyl sites for hydroxylation is 1. The van der Waals surface area contributed by atoms with Crippen LogP contribution < -0.4 is 14.8 Å². The van der Waals surface area contributed by atoms with Crippen molar-refractivity contribution in [1.82, 2.24) is 20.0 Å². The van der Waals surface area contributed by atoms with E-state index in [2.05, 4.69) is 10.4 Å². The second-order valence-electron chi connectivity index (χ2n) is 7.52. The normalized spacial score (nSPS) is 14.6. The van der Waals surface area contributed by atoms with E-state index >= 15 is 0 Å². The number of methoxy groups -OCH3 is 1. The Kier molecular flexibility index (Phi) is 6.87.